The van der Waals surface area contributed by atoms with Crippen molar-refractivity contribution in [2.24, 2.45) is 5.84 Å². The molecular formula is C13H21N5O3. The highest BCUT2D eigenvalue weighted by Gasteiger charge is 2.15. The topological polar surface area (TPSA) is 114 Å². The molecule has 1 aromatic carbocycles. The van der Waals surface area contributed by atoms with E-state index in [1.54, 1.807) is 12.1 Å². The molecule has 0 fully saturated rings. The molecule has 8 heteroatoms. The van der Waals surface area contributed by atoms with Gasteiger partial charge in [-0.2, -0.15) is 0 Å². The quantitative estimate of drug-likeness (QED) is 0.372. The largest absolute Gasteiger partial charge is 0.355 e. The third-order valence-corrected chi connectivity index (χ3v) is 3.01. The molecule has 0 aliphatic heterocycles. The van der Waals surface area contributed by atoms with Crippen molar-refractivity contribution in [1.82, 2.24) is 10.2 Å². The number of nitrogens with two attached hydrogens (primary N) is 1. The van der Waals surface area contributed by atoms with Crippen molar-refractivity contribution < 1.29 is 9.72 Å². The lowest BCUT2D eigenvalue weighted by molar-refractivity contribution is -0.384. The summed E-state index contributed by atoms with van der Waals surface area (Å²) in [4.78, 5) is 24.0. The van der Waals surface area contributed by atoms with E-state index in [2.05, 4.69) is 10.7 Å². The average Bonchev–Trinajstić information content (AvgIpc) is 2.46. The van der Waals surface area contributed by atoms with E-state index in [0.717, 1.165) is 5.56 Å². The molecule has 0 radical (unpaired) electrons. The summed E-state index contributed by atoms with van der Waals surface area (Å²) in [6, 6.07) is 4.78. The van der Waals surface area contributed by atoms with Gasteiger partial charge in [0.15, 0.2) is 0 Å². The SMILES string of the molecule is CCNC(=O)CN(CC)Cc1ccc(NN)c([N+](=O)[O-])c1. The molecule has 0 saturated heterocycles. The second-order valence-corrected chi connectivity index (χ2v) is 4.51. The van der Waals surface area contributed by atoms with Gasteiger partial charge in [0.2, 0.25) is 5.91 Å². The molecule has 0 aliphatic rings. The van der Waals surface area contributed by atoms with Crippen LogP contribution in [0.2, 0.25) is 0 Å². The fourth-order valence-electron chi connectivity index (χ4n) is 1.94. The van der Waals surface area contributed by atoms with Crippen LogP contribution in [0.15, 0.2) is 18.2 Å². The molecule has 0 unspecified atom stereocenters. The number of nitrogen functional groups attached to an aromatic ring is 1. The summed E-state index contributed by atoms with van der Waals surface area (Å²) in [5, 5.41) is 13.7. The molecule has 0 atom stereocenters. The Labute approximate surface area is 123 Å². The first-order chi connectivity index (χ1) is 10.0. The molecule has 0 spiro atoms. The number of hydrogen-bond acceptors (Lipinski definition) is 6. The number of hydrazine groups is 1. The number of nitrogens with zero attached hydrogens (tertiary/aromatic N) is 2. The van der Waals surface area contributed by atoms with Crippen LogP contribution in [0, 0.1) is 10.1 Å². The van der Waals surface area contributed by atoms with E-state index < -0.39 is 4.92 Å². The van der Waals surface area contributed by atoms with E-state index in [1.165, 1.54) is 6.07 Å². The molecule has 116 valence electrons. The first-order valence-electron chi connectivity index (χ1n) is 6.74. The van der Waals surface area contributed by atoms with E-state index in [0.29, 0.717) is 19.6 Å². The van der Waals surface area contributed by atoms with Gasteiger partial charge >= 0.3 is 0 Å². The first kappa shape index (κ1) is 16.9. The minimum Gasteiger partial charge on any atom is -0.355 e. The van der Waals surface area contributed by atoms with Crippen molar-refractivity contribution in [3.05, 3.63) is 33.9 Å². The molecule has 8 nitrogen and oxygen atoms in total. The van der Waals surface area contributed by atoms with E-state index >= 15 is 0 Å². The van der Waals surface area contributed by atoms with Crippen LogP contribution in [-0.2, 0) is 11.3 Å². The number of hydrogen-bond donors (Lipinski definition) is 3. The molecule has 0 saturated carbocycles. The molecular weight excluding hydrogens is 274 g/mol. The third-order valence-electron chi connectivity index (χ3n) is 3.01. The standard InChI is InChI=1S/C13H21N5O3/c1-3-15-13(19)9-17(4-2)8-10-5-6-11(16-14)12(7-10)18(20)21/h5-7,16H,3-4,8-9,14H2,1-2H3,(H,15,19). The molecule has 1 aromatic rings. The number of nitro benzene ring substituents is 1. The van der Waals surface area contributed by atoms with E-state index in [1.807, 2.05) is 18.7 Å². The maximum absolute atomic E-state index is 11.6. The van der Waals surface area contributed by atoms with Gasteiger partial charge in [0.05, 0.1) is 11.5 Å². The summed E-state index contributed by atoms with van der Waals surface area (Å²) in [6.07, 6.45) is 0. The molecule has 0 bridgehead atoms. The van der Waals surface area contributed by atoms with Gasteiger partial charge in [-0.05, 0) is 25.1 Å². The predicted octanol–water partition coefficient (Wildman–Crippen LogP) is 0.838. The van der Waals surface area contributed by atoms with Crippen molar-refractivity contribution in [3.8, 4) is 0 Å². The molecule has 1 rings (SSSR count). The van der Waals surface area contributed by atoms with Crippen LogP contribution < -0.4 is 16.6 Å². The maximum Gasteiger partial charge on any atom is 0.293 e. The van der Waals surface area contributed by atoms with Crippen LogP contribution in [-0.4, -0.2) is 35.4 Å². The zero-order valence-corrected chi connectivity index (χ0v) is 12.3. The smallest absolute Gasteiger partial charge is 0.293 e. The van der Waals surface area contributed by atoms with Crippen molar-refractivity contribution >= 4 is 17.3 Å². The molecule has 21 heavy (non-hydrogen) atoms. The number of amides is 1. The van der Waals surface area contributed by atoms with Gasteiger partial charge < -0.3 is 10.7 Å². The highest BCUT2D eigenvalue weighted by molar-refractivity contribution is 5.77. The Morgan fingerprint density at radius 2 is 2.14 bits per heavy atom. The number of benzene rings is 1. The number of carbonyl (C=O) groups is 1. The fraction of sp³-hybridized carbons (Fsp3) is 0.462. The van der Waals surface area contributed by atoms with Crippen molar-refractivity contribution in [2.75, 3.05) is 25.1 Å². The van der Waals surface area contributed by atoms with Crippen molar-refractivity contribution in [2.45, 2.75) is 20.4 Å². The number of rotatable bonds is 8. The highest BCUT2D eigenvalue weighted by Crippen LogP contribution is 2.25. The van der Waals surface area contributed by atoms with Crippen LogP contribution in [0.5, 0.6) is 0 Å². The molecule has 4 N–H and O–H groups in total. The average molecular weight is 295 g/mol. The minimum atomic E-state index is -0.487. The monoisotopic (exact) mass is 295 g/mol. The van der Waals surface area contributed by atoms with Gasteiger partial charge in [-0.25, -0.2) is 0 Å². The number of anilines is 1. The van der Waals surface area contributed by atoms with Gasteiger partial charge in [-0.15, -0.1) is 0 Å². The fourth-order valence-corrected chi connectivity index (χ4v) is 1.94. The highest BCUT2D eigenvalue weighted by atomic mass is 16.6. The van der Waals surface area contributed by atoms with Crippen LogP contribution in [0.3, 0.4) is 0 Å². The molecule has 0 heterocycles. The van der Waals surface area contributed by atoms with Crippen LogP contribution >= 0.6 is 0 Å². The zero-order valence-electron chi connectivity index (χ0n) is 12.3. The van der Waals surface area contributed by atoms with Crippen molar-refractivity contribution in [1.29, 1.82) is 0 Å². The first-order valence-corrected chi connectivity index (χ1v) is 6.74. The Kier molecular flexibility index (Phi) is 6.57. The lowest BCUT2D eigenvalue weighted by atomic mass is 10.1. The van der Waals surface area contributed by atoms with Gasteiger partial charge in [0.25, 0.3) is 5.69 Å². The number of nitro groups is 1. The van der Waals surface area contributed by atoms with Gasteiger partial charge in [-0.1, -0.05) is 13.0 Å². The van der Waals surface area contributed by atoms with Gasteiger partial charge in [0, 0.05) is 19.2 Å². The second-order valence-electron chi connectivity index (χ2n) is 4.51. The Hall–Kier alpha value is -2.19. The lowest BCUT2D eigenvalue weighted by Crippen LogP contribution is -2.36. The summed E-state index contributed by atoms with van der Waals surface area (Å²) in [7, 11) is 0. The second kappa shape index (κ2) is 8.18. The van der Waals surface area contributed by atoms with Gasteiger partial charge in [0.1, 0.15) is 5.69 Å². The summed E-state index contributed by atoms with van der Waals surface area (Å²) >= 11 is 0. The Balaban J connectivity index is 2.83. The number of carbonyl (C=O) groups excluding carboxylic acids is 1. The van der Waals surface area contributed by atoms with Gasteiger partial charge in [-0.3, -0.25) is 25.7 Å². The summed E-state index contributed by atoms with van der Waals surface area (Å²) in [5.41, 5.74) is 3.24. The summed E-state index contributed by atoms with van der Waals surface area (Å²) in [6.45, 7) is 5.76. The zero-order chi connectivity index (χ0) is 15.8. The van der Waals surface area contributed by atoms with E-state index in [-0.39, 0.29) is 23.8 Å². The summed E-state index contributed by atoms with van der Waals surface area (Å²) < 4.78 is 0. The van der Waals surface area contributed by atoms with Crippen LogP contribution in [0.1, 0.15) is 19.4 Å². The van der Waals surface area contributed by atoms with E-state index in [4.69, 9.17) is 5.84 Å². The Bertz CT molecular complexity index is 507. The molecule has 0 aliphatic carbocycles. The predicted molar refractivity (Wildman–Crippen MR) is 80.5 cm³/mol. The van der Waals surface area contributed by atoms with Crippen LogP contribution in [0.25, 0.3) is 0 Å². The van der Waals surface area contributed by atoms with E-state index in [9.17, 15) is 14.9 Å². The third kappa shape index (κ3) is 5.01. The molecule has 1 amide bonds. The lowest BCUT2D eigenvalue weighted by Gasteiger charge is -2.19. The Morgan fingerprint density at radius 3 is 2.67 bits per heavy atom. The Morgan fingerprint density at radius 1 is 1.43 bits per heavy atom. The maximum atomic E-state index is 11.6. The molecule has 0 aromatic heterocycles. The summed E-state index contributed by atoms with van der Waals surface area (Å²) in [5.74, 6) is 5.19. The van der Waals surface area contributed by atoms with Crippen LogP contribution in [0.4, 0.5) is 11.4 Å². The number of nitrogens with one attached hydrogen (secondary N) is 2. The van der Waals surface area contributed by atoms with Crippen molar-refractivity contribution in [3.63, 3.8) is 0 Å². The normalized spacial score (nSPS) is 10.5. The minimum absolute atomic E-state index is 0.0610. The number of likely N-dealkylation sites (N-methyl/N-ethyl adjacent to an activating group) is 2.